The van der Waals surface area contributed by atoms with Gasteiger partial charge in [0, 0.05) is 11.5 Å². The number of rotatable bonds is 10. The van der Waals surface area contributed by atoms with Gasteiger partial charge in [0.15, 0.2) is 0 Å². The lowest BCUT2D eigenvalue weighted by molar-refractivity contribution is 0.132. The van der Waals surface area contributed by atoms with Crippen molar-refractivity contribution in [2.24, 2.45) is 10.6 Å². The topological polar surface area (TPSA) is 40.0 Å². The van der Waals surface area contributed by atoms with Gasteiger partial charge >= 0.3 is 0 Å². The Hall–Kier alpha value is -1.10. The smallest absolute Gasteiger partial charge is 0.141 e. The molecule has 0 atom stereocenters. The lowest BCUT2D eigenvalue weighted by atomic mass is 9.91. The number of halogens is 3. The van der Waals surface area contributed by atoms with Gasteiger partial charge in [-0.15, -0.1) is 0 Å². The number of aryl methyl sites for hydroxylation is 1. The van der Waals surface area contributed by atoms with Crippen LogP contribution in [0, 0.1) is 12.3 Å². The lowest BCUT2D eigenvalue weighted by Crippen LogP contribution is -2.17. The summed E-state index contributed by atoms with van der Waals surface area (Å²) < 4.78 is 11.5. The normalized spacial score (nSPS) is 11.9. The molecule has 4 nitrogen and oxygen atoms in total. The second-order valence-electron chi connectivity index (χ2n) is 7.17. The van der Waals surface area contributed by atoms with Crippen LogP contribution in [0.3, 0.4) is 0 Å². The maximum absolute atomic E-state index is 6.30. The van der Waals surface area contributed by atoms with E-state index in [-0.39, 0.29) is 16.5 Å². The Bertz CT molecular complexity index is 640. The Balaban J connectivity index is 2.39. The summed E-state index contributed by atoms with van der Waals surface area (Å²) in [7, 11) is 0. The summed E-state index contributed by atoms with van der Waals surface area (Å²) in [5, 5.41) is 4.65. The molecule has 1 aromatic carbocycles. The quantitative estimate of drug-likeness (QED) is 0.226. The molecule has 7 heteroatoms. The molecule has 1 rings (SSSR count). The highest BCUT2D eigenvalue weighted by atomic mass is 35.5. The van der Waals surface area contributed by atoms with Gasteiger partial charge in [-0.25, -0.2) is 0 Å². The Labute approximate surface area is 177 Å². The molecule has 0 aliphatic rings. The molecule has 0 spiro atoms. The van der Waals surface area contributed by atoms with E-state index in [0.717, 1.165) is 24.1 Å². The van der Waals surface area contributed by atoms with Crippen LogP contribution in [0.1, 0.15) is 46.1 Å². The minimum absolute atomic E-state index is 0.0276. The van der Waals surface area contributed by atoms with E-state index >= 15 is 0 Å². The first kappa shape index (κ1) is 23.9. The number of unbranched alkanes of at least 4 members (excludes halogenated alkanes) is 1. The van der Waals surface area contributed by atoms with Crippen molar-refractivity contribution in [2.45, 2.75) is 47.5 Å². The second kappa shape index (κ2) is 11.7. The van der Waals surface area contributed by atoms with Gasteiger partial charge < -0.3 is 14.3 Å². The second-order valence-corrected chi connectivity index (χ2v) is 8.59. The van der Waals surface area contributed by atoms with Gasteiger partial charge in [0.2, 0.25) is 0 Å². The van der Waals surface area contributed by atoms with Gasteiger partial charge in [-0.05, 0) is 44.4 Å². The molecule has 0 amide bonds. The average molecular weight is 437 g/mol. The molecule has 0 unspecified atom stereocenters. The van der Waals surface area contributed by atoms with E-state index in [2.05, 4.69) is 25.9 Å². The molecular formula is C20H28Cl3NO3. The molecule has 0 saturated carbocycles. The SMILES string of the molecule is C/C(=N\OCCCCOc1c(C)cc(OCC=C(Cl)Cl)cc1Cl)C(C)(C)C. The predicted octanol–water partition coefficient (Wildman–Crippen LogP) is 6.94. The Kier molecular flexibility index (Phi) is 10.4. The predicted molar refractivity (Wildman–Crippen MR) is 115 cm³/mol. The third kappa shape index (κ3) is 9.59. The van der Waals surface area contributed by atoms with Crippen molar-refractivity contribution in [3.05, 3.63) is 33.3 Å². The number of nitrogens with zero attached hydrogens (tertiary/aromatic N) is 1. The molecule has 0 aromatic heterocycles. The van der Waals surface area contributed by atoms with E-state index in [9.17, 15) is 0 Å². The van der Waals surface area contributed by atoms with Crippen molar-refractivity contribution in [1.82, 2.24) is 0 Å². The zero-order valence-electron chi connectivity index (χ0n) is 16.6. The highest BCUT2D eigenvalue weighted by molar-refractivity contribution is 6.55. The van der Waals surface area contributed by atoms with E-state index in [4.69, 9.17) is 49.1 Å². The lowest BCUT2D eigenvalue weighted by Gasteiger charge is -2.17. The highest BCUT2D eigenvalue weighted by Crippen LogP contribution is 2.33. The van der Waals surface area contributed by atoms with Crippen LogP contribution < -0.4 is 9.47 Å². The molecule has 0 bridgehead atoms. The Morgan fingerprint density at radius 2 is 1.78 bits per heavy atom. The van der Waals surface area contributed by atoms with Crippen molar-refractivity contribution in [3.8, 4) is 11.5 Å². The molecule has 0 fully saturated rings. The molecule has 27 heavy (non-hydrogen) atoms. The zero-order chi connectivity index (χ0) is 20.4. The van der Waals surface area contributed by atoms with E-state index in [0.29, 0.717) is 29.7 Å². The van der Waals surface area contributed by atoms with E-state index in [1.165, 1.54) is 0 Å². The van der Waals surface area contributed by atoms with Crippen LogP contribution in [-0.2, 0) is 4.84 Å². The number of benzene rings is 1. The van der Waals surface area contributed by atoms with Crippen LogP contribution in [0.15, 0.2) is 27.9 Å². The summed E-state index contributed by atoms with van der Waals surface area (Å²) in [6.45, 7) is 11.6. The molecule has 152 valence electrons. The molecular weight excluding hydrogens is 409 g/mol. The summed E-state index contributed by atoms with van der Waals surface area (Å²) in [4.78, 5) is 5.36. The maximum atomic E-state index is 6.30. The first-order valence-electron chi connectivity index (χ1n) is 8.85. The van der Waals surface area contributed by atoms with Gasteiger partial charge in [-0.2, -0.15) is 0 Å². The molecule has 0 aliphatic heterocycles. The van der Waals surface area contributed by atoms with Crippen LogP contribution in [0.2, 0.25) is 5.02 Å². The third-order valence-electron chi connectivity index (χ3n) is 3.85. The summed E-state index contributed by atoms with van der Waals surface area (Å²) in [6.07, 6.45) is 3.26. The minimum atomic E-state index is 0.0276. The standard InChI is InChI=1S/C20H28Cl3NO3/c1-14-12-16(25-11-8-18(22)23)13-17(21)19(14)26-9-6-7-10-27-24-15(2)20(3,4)5/h8,12-13H,6-7,9-11H2,1-5H3/b24-15+. The third-order valence-corrected chi connectivity index (χ3v) is 4.44. The van der Waals surface area contributed by atoms with Gasteiger partial charge in [0.25, 0.3) is 0 Å². The maximum Gasteiger partial charge on any atom is 0.141 e. The van der Waals surface area contributed by atoms with Crippen molar-refractivity contribution < 1.29 is 14.3 Å². The minimum Gasteiger partial charge on any atom is -0.492 e. The zero-order valence-corrected chi connectivity index (χ0v) is 18.8. The molecule has 0 saturated heterocycles. The molecule has 0 heterocycles. The molecule has 1 aromatic rings. The fourth-order valence-electron chi connectivity index (χ4n) is 1.89. The van der Waals surface area contributed by atoms with E-state index < -0.39 is 0 Å². The fraction of sp³-hybridized carbons (Fsp3) is 0.550. The molecule has 0 aliphatic carbocycles. The van der Waals surface area contributed by atoms with E-state index in [1.807, 2.05) is 19.9 Å². The average Bonchev–Trinajstić information content (AvgIpc) is 2.54. The number of oxime groups is 1. The summed E-state index contributed by atoms with van der Waals surface area (Å²) in [6, 6.07) is 3.58. The van der Waals surface area contributed by atoms with Crippen molar-refractivity contribution in [1.29, 1.82) is 0 Å². The van der Waals surface area contributed by atoms with Crippen molar-refractivity contribution in [3.63, 3.8) is 0 Å². The van der Waals surface area contributed by atoms with Gasteiger partial charge in [-0.1, -0.05) is 60.7 Å². The van der Waals surface area contributed by atoms with Crippen LogP contribution in [0.5, 0.6) is 11.5 Å². The Morgan fingerprint density at radius 1 is 1.11 bits per heavy atom. The van der Waals surface area contributed by atoms with Crippen molar-refractivity contribution in [2.75, 3.05) is 19.8 Å². The van der Waals surface area contributed by atoms with Crippen LogP contribution >= 0.6 is 34.8 Å². The molecule has 0 radical (unpaired) electrons. The number of hydrogen-bond donors (Lipinski definition) is 0. The fourth-order valence-corrected chi connectivity index (χ4v) is 2.33. The van der Waals surface area contributed by atoms with E-state index in [1.54, 1.807) is 12.1 Å². The van der Waals surface area contributed by atoms with Crippen LogP contribution in [0.25, 0.3) is 0 Å². The van der Waals surface area contributed by atoms with Gasteiger partial charge in [0.05, 0.1) is 17.3 Å². The summed E-state index contributed by atoms with van der Waals surface area (Å²) >= 11 is 17.4. The van der Waals surface area contributed by atoms with Crippen LogP contribution in [-0.4, -0.2) is 25.5 Å². The number of ether oxygens (including phenoxy) is 2. The largest absolute Gasteiger partial charge is 0.492 e. The first-order valence-corrected chi connectivity index (χ1v) is 9.98. The summed E-state index contributed by atoms with van der Waals surface area (Å²) in [5.74, 6) is 1.30. The van der Waals surface area contributed by atoms with Crippen LogP contribution in [0.4, 0.5) is 0 Å². The monoisotopic (exact) mass is 435 g/mol. The highest BCUT2D eigenvalue weighted by Gasteiger charge is 2.14. The van der Waals surface area contributed by atoms with Crippen molar-refractivity contribution >= 4 is 40.5 Å². The Morgan fingerprint density at radius 3 is 2.37 bits per heavy atom. The molecule has 0 N–H and O–H groups in total. The number of hydrogen-bond acceptors (Lipinski definition) is 4. The summed E-state index contributed by atoms with van der Waals surface area (Å²) in [5.41, 5.74) is 1.91. The first-order chi connectivity index (χ1) is 12.6. The van der Waals surface area contributed by atoms with Gasteiger partial charge in [0.1, 0.15) is 29.2 Å². The van der Waals surface area contributed by atoms with Gasteiger partial charge in [-0.3, -0.25) is 0 Å².